The number of likely N-dealkylation sites (N-methyl/N-ethyl adjacent to an activating group) is 1. The van der Waals surface area contributed by atoms with Crippen molar-refractivity contribution in [1.29, 1.82) is 0 Å². The van der Waals surface area contributed by atoms with Crippen LogP contribution in [-0.2, 0) is 23.7 Å². The van der Waals surface area contributed by atoms with Crippen molar-refractivity contribution in [2.75, 3.05) is 20.3 Å². The van der Waals surface area contributed by atoms with Crippen molar-refractivity contribution in [3.63, 3.8) is 0 Å². The van der Waals surface area contributed by atoms with Gasteiger partial charge in [0.15, 0.2) is 12.4 Å². The number of aliphatic hydroxyl groups is 8. The summed E-state index contributed by atoms with van der Waals surface area (Å²) in [7, 11) is 1.60. The molecule has 3 heterocycles. The second kappa shape index (κ2) is 10.9. The smallest absolute Gasteiger partial charge is 0.314 e. The molecule has 0 aromatic carbocycles. The summed E-state index contributed by atoms with van der Waals surface area (Å²) in [4.78, 5) is 0. The van der Waals surface area contributed by atoms with Gasteiger partial charge in [-0.2, -0.15) is 0 Å². The average Bonchev–Trinajstić information content (AvgIpc) is 3.27. The molecule has 1 aliphatic carbocycles. The summed E-state index contributed by atoms with van der Waals surface area (Å²) in [5, 5.41) is 85.6. The van der Waals surface area contributed by atoms with Crippen LogP contribution in [0, 0.1) is 0 Å². The second-order valence-electron chi connectivity index (χ2n) is 9.72. The number of aliphatic hydroxyl groups excluding tert-OH is 8. The van der Waals surface area contributed by atoms with Gasteiger partial charge in [0.2, 0.25) is 0 Å². The third-order valence-electron chi connectivity index (χ3n) is 7.42. The maximum absolute atomic E-state index is 10.7. The Hall–Kier alpha value is -0.640. The van der Waals surface area contributed by atoms with E-state index >= 15 is 0 Å². The lowest BCUT2D eigenvalue weighted by Crippen LogP contribution is -2.69. The number of rotatable bonds is 6. The van der Waals surface area contributed by atoms with Crippen molar-refractivity contribution in [2.24, 2.45) is 11.5 Å². The van der Waals surface area contributed by atoms with E-state index in [1.165, 1.54) is 0 Å². The summed E-state index contributed by atoms with van der Waals surface area (Å²) in [6, 6.07) is -2.50. The van der Waals surface area contributed by atoms with Gasteiger partial charge in [0.1, 0.15) is 48.8 Å². The Balaban J connectivity index is 1.62. The minimum absolute atomic E-state index is 0.254. The van der Waals surface area contributed by atoms with Crippen LogP contribution in [-0.4, -0.2) is 159 Å². The van der Waals surface area contributed by atoms with Crippen LogP contribution in [0.4, 0.5) is 0 Å². The van der Waals surface area contributed by atoms with E-state index < -0.39 is 111 Å². The summed E-state index contributed by atoms with van der Waals surface area (Å²) < 4.78 is 28.7. The van der Waals surface area contributed by atoms with Crippen LogP contribution < -0.4 is 16.8 Å². The van der Waals surface area contributed by atoms with Gasteiger partial charge in [0.05, 0.1) is 31.5 Å². The fourth-order valence-corrected chi connectivity index (χ4v) is 5.23. The molecule has 0 aromatic heterocycles. The fraction of sp³-hybridized carbons (Fsp3) is 1.00. The first-order valence-electron chi connectivity index (χ1n) is 11.8. The Morgan fingerprint density at radius 2 is 1.61 bits per heavy atom. The number of nitrogens with one attached hydrogen (secondary N) is 1. The molecule has 3 saturated heterocycles. The number of hydrogen-bond acceptors (Lipinski definition) is 16. The molecule has 3 aliphatic heterocycles. The summed E-state index contributed by atoms with van der Waals surface area (Å²) in [6.45, 7) is -1.33. The number of hydrogen-bond donors (Lipinski definition) is 11. The Kier molecular flexibility index (Phi) is 8.55. The van der Waals surface area contributed by atoms with Gasteiger partial charge in [-0.05, 0) is 13.5 Å². The molecule has 36 heavy (non-hydrogen) atoms. The first-order chi connectivity index (χ1) is 17.0. The van der Waals surface area contributed by atoms with Crippen LogP contribution in [0.15, 0.2) is 0 Å². The molecule has 4 rings (SSSR count). The number of ether oxygens (including phenoxy) is 5. The minimum atomic E-state index is -2.48. The molecule has 0 bridgehead atoms. The maximum atomic E-state index is 10.7. The Labute approximate surface area is 206 Å². The molecule has 13 N–H and O–H groups in total. The van der Waals surface area contributed by atoms with Crippen molar-refractivity contribution < 1.29 is 64.5 Å². The Bertz CT molecular complexity index is 756. The van der Waals surface area contributed by atoms with Gasteiger partial charge in [-0.25, -0.2) is 0 Å². The summed E-state index contributed by atoms with van der Waals surface area (Å²) >= 11 is 0. The van der Waals surface area contributed by atoms with Gasteiger partial charge in [-0.15, -0.1) is 0 Å². The van der Waals surface area contributed by atoms with Crippen LogP contribution in [0.1, 0.15) is 6.42 Å². The zero-order chi connectivity index (χ0) is 26.5. The zero-order valence-electron chi connectivity index (χ0n) is 19.6. The SMILES string of the molecule is CN[C@H]1C[C@@H](N)[C@H](O)[C@H](O[C@@H]2O[C@H](CO)[C@H](O)[C@@H]3O[C@@]4(O[C@H]23)O[C@H]([C@H](N)CO)[C@H](O)[C@H](O)[C@H]4O)[C@@H]1O. The van der Waals surface area contributed by atoms with Crippen molar-refractivity contribution >= 4 is 0 Å². The largest absolute Gasteiger partial charge is 0.395 e. The maximum Gasteiger partial charge on any atom is 0.314 e. The van der Waals surface area contributed by atoms with E-state index in [0.717, 1.165) is 0 Å². The van der Waals surface area contributed by atoms with Crippen molar-refractivity contribution in [2.45, 2.75) is 104 Å². The molecule has 1 spiro atoms. The van der Waals surface area contributed by atoms with Gasteiger partial charge < -0.3 is 81.3 Å². The highest BCUT2D eigenvalue weighted by atomic mass is 16.9. The van der Waals surface area contributed by atoms with Crippen LogP contribution in [0.5, 0.6) is 0 Å². The first kappa shape index (κ1) is 28.4. The lowest BCUT2D eigenvalue weighted by molar-refractivity contribution is -0.439. The normalized spacial score (nSPS) is 54.4. The molecular weight excluding hydrogens is 490 g/mol. The predicted molar refractivity (Wildman–Crippen MR) is 115 cm³/mol. The molecule has 0 aromatic rings. The number of fused-ring (bicyclic) bond motifs is 1. The Morgan fingerprint density at radius 1 is 0.944 bits per heavy atom. The quantitative estimate of drug-likeness (QED) is 0.153. The van der Waals surface area contributed by atoms with Gasteiger partial charge in [-0.1, -0.05) is 0 Å². The van der Waals surface area contributed by atoms with Crippen molar-refractivity contribution in [1.82, 2.24) is 5.32 Å². The molecule has 16 heteroatoms. The molecule has 4 aliphatic rings. The average molecular weight is 528 g/mol. The highest BCUT2D eigenvalue weighted by Crippen LogP contribution is 2.45. The lowest BCUT2D eigenvalue weighted by atomic mass is 9.84. The number of nitrogens with two attached hydrogens (primary N) is 2. The highest BCUT2D eigenvalue weighted by molar-refractivity contribution is 5.05. The summed E-state index contributed by atoms with van der Waals surface area (Å²) in [6.07, 6.45) is -17.7. The van der Waals surface area contributed by atoms with E-state index in [2.05, 4.69) is 5.32 Å². The third-order valence-corrected chi connectivity index (χ3v) is 7.42. The topological polar surface area (TPSA) is 272 Å². The van der Waals surface area contributed by atoms with Gasteiger partial charge in [0.25, 0.3) is 0 Å². The van der Waals surface area contributed by atoms with Gasteiger partial charge in [-0.3, -0.25) is 0 Å². The van der Waals surface area contributed by atoms with E-state index in [0.29, 0.717) is 0 Å². The van der Waals surface area contributed by atoms with Gasteiger partial charge >= 0.3 is 5.97 Å². The van der Waals surface area contributed by atoms with E-state index in [1.807, 2.05) is 0 Å². The monoisotopic (exact) mass is 527 g/mol. The Morgan fingerprint density at radius 3 is 2.22 bits per heavy atom. The summed E-state index contributed by atoms with van der Waals surface area (Å²) in [5.74, 6) is -2.48. The predicted octanol–water partition coefficient (Wildman–Crippen LogP) is -7.27. The molecule has 0 radical (unpaired) electrons. The van der Waals surface area contributed by atoms with Crippen LogP contribution >= 0.6 is 0 Å². The molecule has 0 unspecified atom stereocenters. The summed E-state index contributed by atoms with van der Waals surface area (Å²) in [5.41, 5.74) is 11.8. The van der Waals surface area contributed by atoms with Gasteiger partial charge in [0, 0.05) is 12.1 Å². The van der Waals surface area contributed by atoms with Crippen molar-refractivity contribution in [3.8, 4) is 0 Å². The fourth-order valence-electron chi connectivity index (χ4n) is 5.23. The van der Waals surface area contributed by atoms with E-state index in [4.69, 9.17) is 35.2 Å². The standard InChI is InChI=1S/C20H37N3O13/c1-23-7-2-5(21)9(26)15(10(7)27)33-19-17-16(11(28)8(4-25)32-19)35-20(36-17)18(31)13(30)12(29)14(34-20)6(22)3-24/h5-19,23-31H,2-4,21-22H2,1H3/t5-,6-,7+,8-,9+,10-,11+,12-,13+,14-,15+,16+,17+,18-,19+,20+/m1/s1. The highest BCUT2D eigenvalue weighted by Gasteiger charge is 2.67. The van der Waals surface area contributed by atoms with E-state index in [-0.39, 0.29) is 6.42 Å². The van der Waals surface area contributed by atoms with E-state index in [9.17, 15) is 40.9 Å². The van der Waals surface area contributed by atoms with Crippen LogP contribution in [0.25, 0.3) is 0 Å². The molecule has 1 saturated carbocycles. The molecule has 16 nitrogen and oxygen atoms in total. The molecular formula is C20H37N3O13. The molecule has 4 fully saturated rings. The second-order valence-corrected chi connectivity index (χ2v) is 9.72. The van der Waals surface area contributed by atoms with Crippen molar-refractivity contribution in [3.05, 3.63) is 0 Å². The first-order valence-corrected chi connectivity index (χ1v) is 11.8. The molecule has 0 amide bonds. The third kappa shape index (κ3) is 4.68. The van der Waals surface area contributed by atoms with Crippen LogP contribution in [0.3, 0.4) is 0 Å². The van der Waals surface area contributed by atoms with Crippen LogP contribution in [0.2, 0.25) is 0 Å². The lowest BCUT2D eigenvalue weighted by Gasteiger charge is -2.46. The zero-order valence-corrected chi connectivity index (χ0v) is 19.6. The minimum Gasteiger partial charge on any atom is -0.395 e. The molecule has 16 atom stereocenters. The van der Waals surface area contributed by atoms with E-state index in [1.54, 1.807) is 7.05 Å². The molecule has 210 valence electrons.